The molecule has 2 aromatic carbocycles. The monoisotopic (exact) mass is 438 g/mol. The molecule has 1 atom stereocenters. The van der Waals surface area contributed by atoms with Crippen molar-refractivity contribution in [2.45, 2.75) is 25.9 Å². The quantitative estimate of drug-likeness (QED) is 0.406. The molecule has 4 rings (SSSR count). The van der Waals surface area contributed by atoms with Crippen LogP contribution < -0.4 is 5.56 Å². The molecular formula is C23H19ClN2O3S. The number of esters is 1. The predicted octanol–water partition coefficient (Wildman–Crippen LogP) is 4.79. The van der Waals surface area contributed by atoms with Crippen LogP contribution in [0, 0.1) is 6.92 Å². The van der Waals surface area contributed by atoms with Gasteiger partial charge < -0.3 is 4.74 Å². The SMILES string of the molecule is Cc1cn2c(=O)cc(COC(=O)C(Cc3ccc(Cl)cc3)c3ccccc3)nc2s1. The van der Waals surface area contributed by atoms with Gasteiger partial charge in [0.25, 0.3) is 5.56 Å². The van der Waals surface area contributed by atoms with E-state index in [0.29, 0.717) is 22.1 Å². The number of ether oxygens (including phenoxy) is 1. The Morgan fingerprint density at radius 3 is 2.63 bits per heavy atom. The van der Waals surface area contributed by atoms with E-state index in [-0.39, 0.29) is 18.1 Å². The molecule has 0 saturated heterocycles. The van der Waals surface area contributed by atoms with Gasteiger partial charge in [-0.15, -0.1) is 11.3 Å². The van der Waals surface area contributed by atoms with Gasteiger partial charge in [-0.05, 0) is 36.6 Å². The van der Waals surface area contributed by atoms with Crippen molar-refractivity contribution in [3.8, 4) is 0 Å². The molecule has 152 valence electrons. The Balaban J connectivity index is 1.54. The summed E-state index contributed by atoms with van der Waals surface area (Å²) in [5.41, 5.74) is 2.11. The van der Waals surface area contributed by atoms with E-state index < -0.39 is 5.92 Å². The number of halogens is 1. The van der Waals surface area contributed by atoms with E-state index in [1.165, 1.54) is 21.8 Å². The molecule has 0 aliphatic rings. The third-order valence-electron chi connectivity index (χ3n) is 4.74. The maximum Gasteiger partial charge on any atom is 0.314 e. The summed E-state index contributed by atoms with van der Waals surface area (Å²) < 4.78 is 7.08. The first-order chi connectivity index (χ1) is 14.5. The summed E-state index contributed by atoms with van der Waals surface area (Å²) in [6.45, 7) is 1.87. The minimum Gasteiger partial charge on any atom is -0.459 e. The fourth-order valence-electron chi connectivity index (χ4n) is 3.26. The van der Waals surface area contributed by atoms with Gasteiger partial charge in [-0.1, -0.05) is 54.1 Å². The van der Waals surface area contributed by atoms with Gasteiger partial charge in [0.05, 0.1) is 11.6 Å². The second-order valence-electron chi connectivity index (χ2n) is 6.98. The predicted molar refractivity (Wildman–Crippen MR) is 118 cm³/mol. The molecule has 30 heavy (non-hydrogen) atoms. The molecular weight excluding hydrogens is 420 g/mol. The number of thiazole rings is 1. The van der Waals surface area contributed by atoms with Crippen LogP contribution in [0.4, 0.5) is 0 Å². The second kappa shape index (κ2) is 8.81. The van der Waals surface area contributed by atoms with Crippen LogP contribution >= 0.6 is 22.9 Å². The summed E-state index contributed by atoms with van der Waals surface area (Å²) in [6, 6.07) is 18.3. The standard InChI is InChI=1S/C23H19ClN2O3S/c1-15-13-26-21(27)12-19(25-23(26)30-15)14-29-22(28)20(17-5-3-2-4-6-17)11-16-7-9-18(24)10-8-16/h2-10,12-13,20H,11,14H2,1H3. The van der Waals surface area contributed by atoms with E-state index in [4.69, 9.17) is 16.3 Å². The normalized spacial score (nSPS) is 12.1. The van der Waals surface area contributed by atoms with E-state index in [1.54, 1.807) is 18.3 Å². The highest BCUT2D eigenvalue weighted by molar-refractivity contribution is 7.16. The van der Waals surface area contributed by atoms with Crippen LogP contribution in [0.25, 0.3) is 4.96 Å². The fraction of sp³-hybridized carbons (Fsp3) is 0.174. The van der Waals surface area contributed by atoms with Gasteiger partial charge in [0.1, 0.15) is 6.61 Å². The Morgan fingerprint density at radius 1 is 1.17 bits per heavy atom. The summed E-state index contributed by atoms with van der Waals surface area (Å²) in [6.07, 6.45) is 2.24. The van der Waals surface area contributed by atoms with Crippen molar-refractivity contribution in [2.24, 2.45) is 0 Å². The molecule has 2 aromatic heterocycles. The van der Waals surface area contributed by atoms with Crippen molar-refractivity contribution in [3.63, 3.8) is 0 Å². The van der Waals surface area contributed by atoms with Crippen LogP contribution in [0.1, 0.15) is 27.6 Å². The topological polar surface area (TPSA) is 60.7 Å². The number of carbonyl (C=O) groups excluding carboxylic acids is 1. The second-order valence-corrected chi connectivity index (χ2v) is 8.63. The van der Waals surface area contributed by atoms with E-state index in [0.717, 1.165) is 16.0 Å². The lowest BCUT2D eigenvalue weighted by Gasteiger charge is -2.17. The average Bonchev–Trinajstić information content (AvgIpc) is 3.13. The minimum absolute atomic E-state index is 0.0501. The Kier molecular flexibility index (Phi) is 5.97. The molecule has 0 saturated carbocycles. The van der Waals surface area contributed by atoms with Crippen molar-refractivity contribution >= 4 is 33.9 Å². The lowest BCUT2D eigenvalue weighted by atomic mass is 9.92. The molecule has 0 bridgehead atoms. The van der Waals surface area contributed by atoms with Crippen molar-refractivity contribution in [2.75, 3.05) is 0 Å². The van der Waals surface area contributed by atoms with Gasteiger partial charge in [0.2, 0.25) is 0 Å². The van der Waals surface area contributed by atoms with E-state index >= 15 is 0 Å². The van der Waals surface area contributed by atoms with Gasteiger partial charge in [-0.2, -0.15) is 0 Å². The zero-order chi connectivity index (χ0) is 21.1. The first-order valence-corrected chi connectivity index (χ1v) is 10.6. The maximum atomic E-state index is 13.0. The van der Waals surface area contributed by atoms with Crippen molar-refractivity contribution in [1.82, 2.24) is 9.38 Å². The Labute approximate surface area is 182 Å². The Morgan fingerprint density at radius 2 is 1.90 bits per heavy atom. The molecule has 0 aliphatic heterocycles. The zero-order valence-corrected chi connectivity index (χ0v) is 17.8. The van der Waals surface area contributed by atoms with Crippen LogP contribution in [-0.2, 0) is 22.6 Å². The van der Waals surface area contributed by atoms with Crippen molar-refractivity contribution in [3.05, 3.63) is 104 Å². The highest BCUT2D eigenvalue weighted by Gasteiger charge is 2.23. The van der Waals surface area contributed by atoms with Crippen LogP contribution in [0.15, 0.2) is 71.7 Å². The lowest BCUT2D eigenvalue weighted by Crippen LogP contribution is -2.20. The molecule has 7 heteroatoms. The van der Waals surface area contributed by atoms with Crippen LogP contribution in [0.3, 0.4) is 0 Å². The first kappa shape index (κ1) is 20.3. The van der Waals surface area contributed by atoms with Gasteiger partial charge >= 0.3 is 5.97 Å². The number of benzene rings is 2. The summed E-state index contributed by atoms with van der Waals surface area (Å²) in [5.74, 6) is -0.832. The van der Waals surface area contributed by atoms with Crippen LogP contribution in [-0.4, -0.2) is 15.4 Å². The molecule has 0 aliphatic carbocycles. The van der Waals surface area contributed by atoms with Gasteiger partial charge in [-0.25, -0.2) is 4.98 Å². The molecule has 2 heterocycles. The number of aromatic nitrogens is 2. The largest absolute Gasteiger partial charge is 0.459 e. The number of fused-ring (bicyclic) bond motifs is 1. The smallest absolute Gasteiger partial charge is 0.314 e. The molecule has 5 nitrogen and oxygen atoms in total. The lowest BCUT2D eigenvalue weighted by molar-refractivity contribution is -0.147. The minimum atomic E-state index is -0.471. The summed E-state index contributed by atoms with van der Waals surface area (Å²) >= 11 is 7.40. The van der Waals surface area contributed by atoms with Gasteiger partial charge in [0.15, 0.2) is 4.96 Å². The highest BCUT2D eigenvalue weighted by Crippen LogP contribution is 2.24. The summed E-state index contributed by atoms with van der Waals surface area (Å²) in [5, 5.41) is 0.647. The molecule has 0 amide bonds. The number of hydrogen-bond acceptors (Lipinski definition) is 5. The van der Waals surface area contributed by atoms with E-state index in [2.05, 4.69) is 4.98 Å². The molecule has 4 aromatic rings. The summed E-state index contributed by atoms with van der Waals surface area (Å²) in [7, 11) is 0. The number of aryl methyl sites for hydroxylation is 1. The number of rotatable bonds is 6. The van der Waals surface area contributed by atoms with Gasteiger partial charge in [-0.3, -0.25) is 14.0 Å². The molecule has 0 fully saturated rings. The van der Waals surface area contributed by atoms with E-state index in [9.17, 15) is 9.59 Å². The Bertz CT molecular complexity index is 1230. The number of hydrogen-bond donors (Lipinski definition) is 0. The zero-order valence-electron chi connectivity index (χ0n) is 16.2. The van der Waals surface area contributed by atoms with Crippen LogP contribution in [0.5, 0.6) is 0 Å². The van der Waals surface area contributed by atoms with Crippen LogP contribution in [0.2, 0.25) is 5.02 Å². The third-order valence-corrected chi connectivity index (χ3v) is 5.89. The molecule has 0 spiro atoms. The molecule has 0 radical (unpaired) electrons. The fourth-order valence-corrected chi connectivity index (χ4v) is 4.23. The van der Waals surface area contributed by atoms with Crippen molar-refractivity contribution in [1.29, 1.82) is 0 Å². The Hall–Kier alpha value is -2.96. The summed E-state index contributed by atoms with van der Waals surface area (Å²) in [4.78, 5) is 31.3. The van der Waals surface area contributed by atoms with E-state index in [1.807, 2.05) is 49.4 Å². The number of nitrogens with zero attached hydrogens (tertiary/aromatic N) is 2. The third kappa shape index (κ3) is 4.61. The van der Waals surface area contributed by atoms with Crippen molar-refractivity contribution < 1.29 is 9.53 Å². The highest BCUT2D eigenvalue weighted by atomic mass is 35.5. The maximum absolute atomic E-state index is 13.0. The molecule has 0 N–H and O–H groups in total. The van der Waals surface area contributed by atoms with Gasteiger partial charge in [0, 0.05) is 22.2 Å². The number of carbonyl (C=O) groups is 1. The molecule has 1 unspecified atom stereocenters. The average molecular weight is 439 g/mol. The first-order valence-electron chi connectivity index (χ1n) is 9.44.